The van der Waals surface area contributed by atoms with Gasteiger partial charge in [-0.25, -0.2) is 0 Å². The van der Waals surface area contributed by atoms with Crippen molar-refractivity contribution >= 4 is 22.5 Å². The van der Waals surface area contributed by atoms with Crippen LogP contribution >= 0.6 is 11.6 Å². The molecule has 2 nitrogen and oxygen atoms in total. The number of rotatable bonds is 3. The van der Waals surface area contributed by atoms with Gasteiger partial charge in [-0.3, -0.25) is 4.90 Å². The first-order valence-electron chi connectivity index (χ1n) is 6.78. The van der Waals surface area contributed by atoms with Gasteiger partial charge in [0, 0.05) is 24.7 Å². The predicted octanol–water partition coefficient (Wildman–Crippen LogP) is 3.91. The highest BCUT2D eigenvalue weighted by atomic mass is 35.5. The third-order valence-electron chi connectivity index (χ3n) is 3.86. The Hall–Kier alpha value is -0.990. The van der Waals surface area contributed by atoms with Gasteiger partial charge in [-0.2, -0.15) is 0 Å². The number of aromatic nitrogens is 1. The molecule has 3 rings (SSSR count). The lowest BCUT2D eigenvalue weighted by Gasteiger charge is -2.13. The van der Waals surface area contributed by atoms with Crippen LogP contribution in [0.25, 0.3) is 10.9 Å². The van der Waals surface area contributed by atoms with Gasteiger partial charge in [0.25, 0.3) is 0 Å². The van der Waals surface area contributed by atoms with E-state index in [4.69, 9.17) is 11.6 Å². The van der Waals surface area contributed by atoms with Gasteiger partial charge in [0.2, 0.25) is 0 Å². The summed E-state index contributed by atoms with van der Waals surface area (Å²) in [7, 11) is 0. The van der Waals surface area contributed by atoms with Crippen molar-refractivity contribution in [3.05, 3.63) is 35.0 Å². The van der Waals surface area contributed by atoms with Gasteiger partial charge in [-0.1, -0.05) is 23.7 Å². The minimum absolute atomic E-state index is 0.863. The topological polar surface area (TPSA) is 8.17 Å². The molecule has 0 spiro atoms. The summed E-state index contributed by atoms with van der Waals surface area (Å²) in [5, 5.41) is 2.18. The molecule has 1 aromatic heterocycles. The van der Waals surface area contributed by atoms with Crippen LogP contribution in [0.4, 0.5) is 0 Å². The summed E-state index contributed by atoms with van der Waals surface area (Å²) in [6, 6.07) is 6.23. The molecule has 1 fully saturated rings. The normalized spacial score (nSPS) is 16.8. The van der Waals surface area contributed by atoms with Crippen LogP contribution in [0.15, 0.2) is 24.4 Å². The van der Waals surface area contributed by atoms with Gasteiger partial charge < -0.3 is 4.57 Å². The van der Waals surface area contributed by atoms with Crippen LogP contribution in [0.3, 0.4) is 0 Å². The third kappa shape index (κ3) is 2.04. The molecule has 0 unspecified atom stereocenters. The lowest BCUT2D eigenvalue weighted by Crippen LogP contribution is -2.18. The predicted molar refractivity (Wildman–Crippen MR) is 77.1 cm³/mol. The van der Waals surface area contributed by atoms with Gasteiger partial charge >= 0.3 is 0 Å². The van der Waals surface area contributed by atoms with Crippen molar-refractivity contribution < 1.29 is 0 Å². The first-order chi connectivity index (χ1) is 8.79. The fourth-order valence-electron chi connectivity index (χ4n) is 2.95. The zero-order chi connectivity index (χ0) is 12.5. The Bertz CT molecular complexity index is 553. The summed E-state index contributed by atoms with van der Waals surface area (Å²) < 4.78 is 2.27. The third-order valence-corrected chi connectivity index (χ3v) is 4.17. The van der Waals surface area contributed by atoms with Crippen LogP contribution in [0.2, 0.25) is 5.02 Å². The van der Waals surface area contributed by atoms with Crippen molar-refractivity contribution in [3.63, 3.8) is 0 Å². The number of aryl methyl sites for hydroxylation is 1. The fraction of sp³-hybridized carbons (Fsp3) is 0.467. The molecule has 2 aromatic rings. The van der Waals surface area contributed by atoms with Crippen LogP contribution in [0.5, 0.6) is 0 Å². The molecule has 0 bridgehead atoms. The summed E-state index contributed by atoms with van der Waals surface area (Å²) in [4.78, 5) is 2.54. The van der Waals surface area contributed by atoms with Crippen molar-refractivity contribution in [2.75, 3.05) is 13.1 Å². The maximum absolute atomic E-state index is 6.34. The summed E-state index contributed by atoms with van der Waals surface area (Å²) >= 11 is 6.34. The summed E-state index contributed by atoms with van der Waals surface area (Å²) in [5.74, 6) is 0. The second-order valence-electron chi connectivity index (χ2n) is 5.06. The van der Waals surface area contributed by atoms with Crippen molar-refractivity contribution in [1.29, 1.82) is 0 Å². The Kier molecular flexibility index (Phi) is 3.31. The Morgan fingerprint density at radius 2 is 2.00 bits per heavy atom. The molecule has 1 saturated heterocycles. The van der Waals surface area contributed by atoms with E-state index in [1.165, 1.54) is 42.4 Å². The molecule has 0 saturated carbocycles. The molecule has 3 heteroatoms. The Morgan fingerprint density at radius 3 is 2.72 bits per heavy atom. The number of likely N-dealkylation sites (tertiary alicyclic amines) is 1. The Labute approximate surface area is 113 Å². The lowest BCUT2D eigenvalue weighted by atomic mass is 10.1. The van der Waals surface area contributed by atoms with Crippen molar-refractivity contribution in [2.45, 2.75) is 32.9 Å². The molecule has 0 aliphatic carbocycles. The van der Waals surface area contributed by atoms with E-state index in [1.54, 1.807) is 0 Å². The second kappa shape index (κ2) is 4.94. The molecule has 0 radical (unpaired) electrons. The quantitative estimate of drug-likeness (QED) is 0.814. The number of hydrogen-bond donors (Lipinski definition) is 0. The smallest absolute Gasteiger partial charge is 0.0672 e. The van der Waals surface area contributed by atoms with E-state index in [0.29, 0.717) is 0 Å². The molecule has 1 aliphatic heterocycles. The molecule has 1 aliphatic rings. The summed E-state index contributed by atoms with van der Waals surface area (Å²) in [6.07, 6.45) is 4.95. The maximum Gasteiger partial charge on any atom is 0.0672 e. The fourth-order valence-corrected chi connectivity index (χ4v) is 3.23. The lowest BCUT2D eigenvalue weighted by molar-refractivity contribution is 0.332. The second-order valence-corrected chi connectivity index (χ2v) is 5.47. The van der Waals surface area contributed by atoms with Crippen LogP contribution in [-0.4, -0.2) is 22.6 Å². The Balaban J connectivity index is 2.03. The SMILES string of the molecule is CCn1cc(CN2CCCC2)c2cccc(Cl)c21. The van der Waals surface area contributed by atoms with E-state index in [9.17, 15) is 0 Å². The minimum atomic E-state index is 0.863. The number of halogens is 1. The van der Waals surface area contributed by atoms with Crippen LogP contribution in [0.1, 0.15) is 25.3 Å². The minimum Gasteiger partial charge on any atom is -0.346 e. The van der Waals surface area contributed by atoms with E-state index in [0.717, 1.165) is 18.1 Å². The number of benzene rings is 1. The number of fused-ring (bicyclic) bond motifs is 1. The van der Waals surface area contributed by atoms with E-state index < -0.39 is 0 Å². The summed E-state index contributed by atoms with van der Waals surface area (Å²) in [6.45, 7) is 6.67. The van der Waals surface area contributed by atoms with Gasteiger partial charge in [0.15, 0.2) is 0 Å². The molecule has 1 aromatic carbocycles. The number of para-hydroxylation sites is 1. The molecule has 0 amide bonds. The largest absolute Gasteiger partial charge is 0.346 e. The van der Waals surface area contributed by atoms with E-state index in [2.05, 4.69) is 34.7 Å². The van der Waals surface area contributed by atoms with Gasteiger partial charge in [-0.15, -0.1) is 0 Å². The molecular weight excluding hydrogens is 244 g/mol. The van der Waals surface area contributed by atoms with Crippen LogP contribution < -0.4 is 0 Å². The van der Waals surface area contributed by atoms with Crippen LogP contribution in [-0.2, 0) is 13.1 Å². The maximum atomic E-state index is 6.34. The van der Waals surface area contributed by atoms with E-state index >= 15 is 0 Å². The first-order valence-corrected chi connectivity index (χ1v) is 7.16. The zero-order valence-corrected chi connectivity index (χ0v) is 11.6. The highest BCUT2D eigenvalue weighted by Crippen LogP contribution is 2.29. The molecule has 2 heterocycles. The average Bonchev–Trinajstić information content (AvgIpc) is 2.99. The standard InChI is InChI=1S/C15H19ClN2/c1-2-18-11-12(10-17-8-3-4-9-17)13-6-5-7-14(16)15(13)18/h5-7,11H,2-4,8-10H2,1H3. The number of hydrogen-bond acceptors (Lipinski definition) is 1. The Morgan fingerprint density at radius 1 is 1.22 bits per heavy atom. The molecular formula is C15H19ClN2. The van der Waals surface area contributed by atoms with E-state index in [-0.39, 0.29) is 0 Å². The van der Waals surface area contributed by atoms with Crippen LogP contribution in [0, 0.1) is 0 Å². The molecule has 0 atom stereocenters. The van der Waals surface area contributed by atoms with Crippen molar-refractivity contribution in [1.82, 2.24) is 9.47 Å². The van der Waals surface area contributed by atoms with Crippen molar-refractivity contribution in [3.8, 4) is 0 Å². The zero-order valence-electron chi connectivity index (χ0n) is 10.8. The first kappa shape index (κ1) is 12.1. The van der Waals surface area contributed by atoms with Crippen molar-refractivity contribution in [2.24, 2.45) is 0 Å². The highest BCUT2D eigenvalue weighted by molar-refractivity contribution is 6.35. The van der Waals surface area contributed by atoms with E-state index in [1.807, 2.05) is 6.07 Å². The molecule has 0 N–H and O–H groups in total. The highest BCUT2D eigenvalue weighted by Gasteiger charge is 2.16. The molecule has 18 heavy (non-hydrogen) atoms. The summed E-state index contributed by atoms with van der Waals surface area (Å²) in [5.41, 5.74) is 2.60. The molecule has 96 valence electrons. The van der Waals surface area contributed by atoms with Gasteiger partial charge in [0.05, 0.1) is 10.5 Å². The van der Waals surface area contributed by atoms with Gasteiger partial charge in [0.1, 0.15) is 0 Å². The number of nitrogens with zero attached hydrogens (tertiary/aromatic N) is 2. The van der Waals surface area contributed by atoms with Gasteiger partial charge in [-0.05, 0) is 44.5 Å². The average molecular weight is 263 g/mol. The monoisotopic (exact) mass is 262 g/mol.